The number of nitrogens with one attached hydrogen (secondary N) is 1. The van der Waals surface area contributed by atoms with Crippen LogP contribution in [0.5, 0.6) is 0 Å². The molecule has 0 atom stereocenters. The summed E-state index contributed by atoms with van der Waals surface area (Å²) in [4.78, 5) is 15.4. The number of likely N-dealkylation sites (tertiary alicyclic amines) is 1. The van der Waals surface area contributed by atoms with E-state index in [0.29, 0.717) is 18.0 Å². The molecular formula is C22H28N2O4S2. The van der Waals surface area contributed by atoms with E-state index >= 15 is 0 Å². The zero-order chi connectivity index (χ0) is 21.6. The van der Waals surface area contributed by atoms with E-state index in [2.05, 4.69) is 44.9 Å². The summed E-state index contributed by atoms with van der Waals surface area (Å²) in [5, 5.41) is 0. The van der Waals surface area contributed by atoms with Gasteiger partial charge < -0.3 is 4.74 Å². The van der Waals surface area contributed by atoms with Gasteiger partial charge in [0.15, 0.2) is 0 Å². The van der Waals surface area contributed by atoms with Crippen molar-refractivity contribution in [1.29, 1.82) is 0 Å². The van der Waals surface area contributed by atoms with Crippen molar-refractivity contribution in [3.63, 3.8) is 0 Å². The summed E-state index contributed by atoms with van der Waals surface area (Å²) in [6.45, 7) is 3.28. The molecule has 0 bridgehead atoms. The minimum Gasteiger partial charge on any atom is -0.465 e. The molecule has 1 saturated heterocycles. The van der Waals surface area contributed by atoms with Crippen LogP contribution in [-0.2, 0) is 21.3 Å². The Morgan fingerprint density at radius 1 is 1.13 bits per heavy atom. The number of hydrogen-bond acceptors (Lipinski definition) is 6. The molecule has 0 unspecified atom stereocenters. The molecule has 162 valence electrons. The first-order valence-corrected chi connectivity index (χ1v) is 12.7. The summed E-state index contributed by atoms with van der Waals surface area (Å²) < 4.78 is 32.5. The topological polar surface area (TPSA) is 75.7 Å². The summed E-state index contributed by atoms with van der Waals surface area (Å²) >= 11 is 1.77. The number of thioether (sulfide) groups is 1. The third-order valence-electron chi connectivity index (χ3n) is 5.44. The second-order valence-corrected chi connectivity index (χ2v) is 10.0. The average Bonchev–Trinajstić information content (AvgIpc) is 2.78. The van der Waals surface area contributed by atoms with E-state index in [1.165, 1.54) is 41.8 Å². The lowest BCUT2D eigenvalue weighted by atomic mass is 9.97. The van der Waals surface area contributed by atoms with Gasteiger partial charge in [-0.1, -0.05) is 18.2 Å². The first-order valence-electron chi connectivity index (χ1n) is 9.95. The highest BCUT2D eigenvalue weighted by Crippen LogP contribution is 2.24. The lowest BCUT2D eigenvalue weighted by Crippen LogP contribution is -2.38. The van der Waals surface area contributed by atoms with Crippen LogP contribution >= 0.6 is 11.8 Å². The Bertz CT molecular complexity index is 953. The van der Waals surface area contributed by atoms with E-state index < -0.39 is 16.0 Å². The van der Waals surface area contributed by atoms with Crippen LogP contribution in [0.4, 0.5) is 0 Å². The van der Waals surface area contributed by atoms with Crippen LogP contribution in [0.15, 0.2) is 58.3 Å². The van der Waals surface area contributed by atoms with E-state index in [9.17, 15) is 13.2 Å². The molecule has 0 amide bonds. The van der Waals surface area contributed by atoms with Gasteiger partial charge in [0.2, 0.25) is 10.0 Å². The van der Waals surface area contributed by atoms with Crippen LogP contribution in [0.3, 0.4) is 0 Å². The fourth-order valence-corrected chi connectivity index (χ4v) is 5.35. The number of ether oxygens (including phenoxy) is 1. The highest BCUT2D eigenvalue weighted by Gasteiger charge is 2.22. The number of benzene rings is 2. The number of hydrogen-bond donors (Lipinski definition) is 1. The molecule has 1 heterocycles. The van der Waals surface area contributed by atoms with Crippen LogP contribution in [0, 0.1) is 5.92 Å². The zero-order valence-electron chi connectivity index (χ0n) is 17.3. The summed E-state index contributed by atoms with van der Waals surface area (Å²) in [5.74, 6) is -0.167. The van der Waals surface area contributed by atoms with Gasteiger partial charge in [-0.2, -0.15) is 0 Å². The molecule has 0 spiro atoms. The fraction of sp³-hybridized carbons (Fsp3) is 0.409. The van der Waals surface area contributed by atoms with E-state index in [0.717, 1.165) is 32.5 Å². The molecule has 8 heteroatoms. The molecular weight excluding hydrogens is 420 g/mol. The molecule has 2 aromatic carbocycles. The molecule has 1 N–H and O–H groups in total. The van der Waals surface area contributed by atoms with Gasteiger partial charge in [-0.3, -0.25) is 4.90 Å². The molecule has 0 aromatic heterocycles. The van der Waals surface area contributed by atoms with E-state index in [-0.39, 0.29) is 4.90 Å². The third-order valence-corrected chi connectivity index (χ3v) is 7.72. The number of carbonyl (C=O) groups excluding carboxylic acids is 1. The van der Waals surface area contributed by atoms with Crippen molar-refractivity contribution in [2.24, 2.45) is 5.92 Å². The standard InChI is InChI=1S/C22H28N2O4S2/c1-28-22(25)18-7-9-20(10-8-18)30(26,27)23-15-17-11-13-24(14-12-17)16-19-5-3-4-6-21(19)29-2/h3-10,17,23H,11-16H2,1-2H3. The minimum absolute atomic E-state index is 0.154. The largest absolute Gasteiger partial charge is 0.465 e. The van der Waals surface area contributed by atoms with Crippen LogP contribution < -0.4 is 4.72 Å². The van der Waals surface area contributed by atoms with Crippen molar-refractivity contribution in [3.8, 4) is 0 Å². The number of methoxy groups -OCH3 is 1. The Morgan fingerprint density at radius 2 is 1.80 bits per heavy atom. The van der Waals surface area contributed by atoms with Crippen LogP contribution in [0.25, 0.3) is 0 Å². The van der Waals surface area contributed by atoms with Gasteiger partial charge in [0.05, 0.1) is 17.6 Å². The van der Waals surface area contributed by atoms with E-state index in [4.69, 9.17) is 0 Å². The molecule has 30 heavy (non-hydrogen) atoms. The highest BCUT2D eigenvalue weighted by atomic mass is 32.2. The Hall–Kier alpha value is -1.87. The molecule has 0 radical (unpaired) electrons. The summed E-state index contributed by atoms with van der Waals surface area (Å²) in [7, 11) is -2.31. The SMILES string of the molecule is COC(=O)c1ccc(S(=O)(=O)NCC2CCN(Cc3ccccc3SC)CC2)cc1. The zero-order valence-corrected chi connectivity index (χ0v) is 19.0. The maximum atomic E-state index is 12.6. The van der Waals surface area contributed by atoms with Crippen molar-refractivity contribution >= 4 is 27.8 Å². The van der Waals surface area contributed by atoms with Gasteiger partial charge in [-0.15, -0.1) is 11.8 Å². The first-order chi connectivity index (χ1) is 14.4. The van der Waals surface area contributed by atoms with Crippen molar-refractivity contribution in [2.75, 3.05) is 33.0 Å². The predicted octanol–water partition coefficient (Wildman–Crippen LogP) is 3.39. The summed E-state index contributed by atoms with van der Waals surface area (Å²) in [6, 6.07) is 14.3. The predicted molar refractivity (Wildman–Crippen MR) is 119 cm³/mol. The van der Waals surface area contributed by atoms with Crippen LogP contribution in [0.1, 0.15) is 28.8 Å². The van der Waals surface area contributed by atoms with Gasteiger partial charge >= 0.3 is 5.97 Å². The maximum Gasteiger partial charge on any atom is 0.337 e. The molecule has 0 saturated carbocycles. The lowest BCUT2D eigenvalue weighted by Gasteiger charge is -2.32. The number of esters is 1. The highest BCUT2D eigenvalue weighted by molar-refractivity contribution is 7.98. The Labute approximate surface area is 183 Å². The fourth-order valence-electron chi connectivity index (χ4n) is 3.62. The molecule has 1 fully saturated rings. The normalized spacial score (nSPS) is 15.8. The average molecular weight is 449 g/mol. The Kier molecular flexibility index (Phi) is 7.93. The quantitative estimate of drug-likeness (QED) is 0.493. The second kappa shape index (κ2) is 10.4. The van der Waals surface area contributed by atoms with Crippen molar-refractivity contribution in [1.82, 2.24) is 9.62 Å². The van der Waals surface area contributed by atoms with Gasteiger partial charge in [0, 0.05) is 18.0 Å². The second-order valence-electron chi connectivity index (χ2n) is 7.40. The van der Waals surface area contributed by atoms with Crippen molar-refractivity contribution in [3.05, 3.63) is 59.7 Å². The Morgan fingerprint density at radius 3 is 2.43 bits per heavy atom. The van der Waals surface area contributed by atoms with E-state index in [1.54, 1.807) is 11.8 Å². The maximum absolute atomic E-state index is 12.6. The van der Waals surface area contributed by atoms with Crippen molar-refractivity contribution in [2.45, 2.75) is 29.2 Å². The van der Waals surface area contributed by atoms with Gasteiger partial charge in [0.1, 0.15) is 0 Å². The summed E-state index contributed by atoms with van der Waals surface area (Å²) in [5.41, 5.74) is 1.67. The number of piperidine rings is 1. The summed E-state index contributed by atoms with van der Waals surface area (Å²) in [6.07, 6.45) is 4.02. The molecule has 1 aliphatic rings. The molecule has 6 nitrogen and oxygen atoms in total. The minimum atomic E-state index is -3.60. The third kappa shape index (κ3) is 5.85. The monoisotopic (exact) mass is 448 g/mol. The lowest BCUT2D eigenvalue weighted by molar-refractivity contribution is 0.0600. The van der Waals surface area contributed by atoms with E-state index in [1.807, 2.05) is 0 Å². The van der Waals surface area contributed by atoms with Gasteiger partial charge in [-0.05, 0) is 74.0 Å². The first kappa shape index (κ1) is 22.8. The van der Waals surface area contributed by atoms with Crippen LogP contribution in [-0.4, -0.2) is 52.3 Å². The van der Waals surface area contributed by atoms with Crippen LogP contribution in [0.2, 0.25) is 0 Å². The Balaban J connectivity index is 1.49. The van der Waals surface area contributed by atoms with Gasteiger partial charge in [-0.25, -0.2) is 17.9 Å². The number of nitrogens with zero attached hydrogens (tertiary/aromatic N) is 1. The molecule has 1 aliphatic heterocycles. The molecule has 0 aliphatic carbocycles. The van der Waals surface area contributed by atoms with Crippen molar-refractivity contribution < 1.29 is 17.9 Å². The number of sulfonamides is 1. The molecule has 3 rings (SSSR count). The number of rotatable bonds is 8. The van der Waals surface area contributed by atoms with Gasteiger partial charge in [0.25, 0.3) is 0 Å². The number of carbonyl (C=O) groups is 1. The molecule has 2 aromatic rings. The smallest absolute Gasteiger partial charge is 0.337 e.